The molecule has 0 fully saturated rings. The van der Waals surface area contributed by atoms with Crippen molar-refractivity contribution in [2.24, 2.45) is 0 Å². The molecule has 0 atom stereocenters. The summed E-state index contributed by atoms with van der Waals surface area (Å²) in [7, 11) is 1.64. The van der Waals surface area contributed by atoms with Gasteiger partial charge in [-0.25, -0.2) is 4.39 Å². The van der Waals surface area contributed by atoms with E-state index in [0.29, 0.717) is 31.2 Å². The van der Waals surface area contributed by atoms with Crippen molar-refractivity contribution in [1.82, 2.24) is 25.5 Å². The van der Waals surface area contributed by atoms with Crippen LogP contribution in [-0.4, -0.2) is 40.5 Å². The summed E-state index contributed by atoms with van der Waals surface area (Å²) in [6.07, 6.45) is 0. The molecule has 6 nitrogen and oxygen atoms in total. The number of aromatic nitrogens is 4. The Balaban J connectivity index is 2.14. The number of ether oxygens (including phenoxy) is 1. The summed E-state index contributed by atoms with van der Waals surface area (Å²) < 4.78 is 19.9. The Morgan fingerprint density at radius 3 is 2.95 bits per heavy atom. The van der Waals surface area contributed by atoms with Gasteiger partial charge in [-0.2, -0.15) is 4.68 Å². The molecule has 1 heterocycles. The molecule has 2 rings (SSSR count). The van der Waals surface area contributed by atoms with Crippen LogP contribution in [0.4, 0.5) is 4.39 Å². The smallest absolute Gasteiger partial charge is 0.170 e. The summed E-state index contributed by atoms with van der Waals surface area (Å²) >= 11 is 0. The first-order chi connectivity index (χ1) is 9.20. The molecule has 1 aromatic carbocycles. The number of hydrogen-bond acceptors (Lipinski definition) is 5. The summed E-state index contributed by atoms with van der Waals surface area (Å²) in [4.78, 5) is 0. The van der Waals surface area contributed by atoms with Crippen molar-refractivity contribution >= 4 is 0 Å². The van der Waals surface area contributed by atoms with Gasteiger partial charge < -0.3 is 10.1 Å². The van der Waals surface area contributed by atoms with Gasteiger partial charge in [0.1, 0.15) is 5.82 Å². The average molecular weight is 265 g/mol. The van der Waals surface area contributed by atoms with Gasteiger partial charge in [-0.3, -0.25) is 0 Å². The van der Waals surface area contributed by atoms with Crippen molar-refractivity contribution in [3.63, 3.8) is 0 Å². The van der Waals surface area contributed by atoms with Crippen LogP contribution in [0.2, 0.25) is 0 Å². The second-order valence-electron chi connectivity index (χ2n) is 4.16. The molecule has 19 heavy (non-hydrogen) atoms. The third-order valence-electron chi connectivity index (χ3n) is 2.57. The van der Waals surface area contributed by atoms with Crippen molar-refractivity contribution in [1.29, 1.82) is 0 Å². The fourth-order valence-corrected chi connectivity index (χ4v) is 1.73. The Morgan fingerprint density at radius 1 is 1.37 bits per heavy atom. The Kier molecular flexibility index (Phi) is 4.53. The normalized spacial score (nSPS) is 10.9. The lowest BCUT2D eigenvalue weighted by atomic mass is 10.2. The molecule has 7 heteroatoms. The molecule has 0 aliphatic rings. The van der Waals surface area contributed by atoms with E-state index in [1.165, 1.54) is 16.8 Å². The molecule has 0 saturated carbocycles. The fourth-order valence-electron chi connectivity index (χ4n) is 1.73. The number of benzene rings is 1. The summed E-state index contributed by atoms with van der Waals surface area (Å²) in [5, 5.41) is 14.6. The average Bonchev–Trinajstić information content (AvgIpc) is 2.82. The largest absolute Gasteiger partial charge is 0.383 e. The van der Waals surface area contributed by atoms with Crippen LogP contribution in [0.5, 0.6) is 0 Å². The van der Waals surface area contributed by atoms with Gasteiger partial charge >= 0.3 is 0 Å². The number of nitrogens with one attached hydrogen (secondary N) is 1. The van der Waals surface area contributed by atoms with Gasteiger partial charge in [0.2, 0.25) is 0 Å². The standard InChI is InChI=1S/C12H16FN5O/c1-9-5-10(13)7-11(6-9)18-12(15-16-17-18)8-14-3-4-19-2/h5-7,14H,3-4,8H2,1-2H3. The zero-order chi connectivity index (χ0) is 13.7. The van der Waals surface area contributed by atoms with Crippen LogP contribution in [0.15, 0.2) is 18.2 Å². The highest BCUT2D eigenvalue weighted by atomic mass is 19.1. The molecule has 0 saturated heterocycles. The Morgan fingerprint density at radius 2 is 2.21 bits per heavy atom. The highest BCUT2D eigenvalue weighted by Crippen LogP contribution is 2.13. The molecule has 0 spiro atoms. The third-order valence-corrected chi connectivity index (χ3v) is 2.57. The quantitative estimate of drug-likeness (QED) is 0.784. The predicted octanol–water partition coefficient (Wildman–Crippen LogP) is 0.846. The number of methoxy groups -OCH3 is 1. The molecule has 1 aromatic heterocycles. The molecule has 0 bridgehead atoms. The first-order valence-electron chi connectivity index (χ1n) is 5.95. The van der Waals surface area contributed by atoms with E-state index in [0.717, 1.165) is 5.56 Å². The minimum absolute atomic E-state index is 0.302. The topological polar surface area (TPSA) is 64.9 Å². The van der Waals surface area contributed by atoms with Gasteiger partial charge in [0.15, 0.2) is 5.82 Å². The summed E-state index contributed by atoms with van der Waals surface area (Å²) in [5.74, 6) is 0.324. The molecule has 102 valence electrons. The van der Waals surface area contributed by atoms with Gasteiger partial charge in [-0.15, -0.1) is 5.10 Å². The van der Waals surface area contributed by atoms with E-state index in [2.05, 4.69) is 20.8 Å². The van der Waals surface area contributed by atoms with E-state index < -0.39 is 0 Å². The third kappa shape index (κ3) is 3.55. The second-order valence-corrected chi connectivity index (χ2v) is 4.16. The van der Waals surface area contributed by atoms with E-state index in [1.54, 1.807) is 7.11 Å². The number of rotatable bonds is 6. The Hall–Kier alpha value is -1.86. The summed E-state index contributed by atoms with van der Waals surface area (Å²) in [6.45, 7) is 3.63. The predicted molar refractivity (Wildman–Crippen MR) is 67.4 cm³/mol. The second kappa shape index (κ2) is 6.35. The summed E-state index contributed by atoms with van der Waals surface area (Å²) in [6, 6.07) is 4.70. The van der Waals surface area contributed by atoms with E-state index in [-0.39, 0.29) is 5.82 Å². The van der Waals surface area contributed by atoms with Crippen LogP contribution in [0.3, 0.4) is 0 Å². The molecule has 0 unspecified atom stereocenters. The van der Waals surface area contributed by atoms with Gasteiger partial charge in [0.05, 0.1) is 18.8 Å². The van der Waals surface area contributed by atoms with E-state index >= 15 is 0 Å². The molecule has 0 aliphatic carbocycles. The Labute approximate surface area is 110 Å². The molecule has 0 aliphatic heterocycles. The fraction of sp³-hybridized carbons (Fsp3) is 0.417. The minimum Gasteiger partial charge on any atom is -0.383 e. The van der Waals surface area contributed by atoms with Gasteiger partial charge in [0, 0.05) is 13.7 Å². The molecular weight excluding hydrogens is 249 g/mol. The van der Waals surface area contributed by atoms with Gasteiger partial charge in [-0.05, 0) is 41.1 Å². The molecule has 0 amide bonds. The van der Waals surface area contributed by atoms with Crippen LogP contribution in [0.1, 0.15) is 11.4 Å². The van der Waals surface area contributed by atoms with Crippen LogP contribution >= 0.6 is 0 Å². The minimum atomic E-state index is -0.302. The maximum Gasteiger partial charge on any atom is 0.170 e. The first-order valence-corrected chi connectivity index (χ1v) is 5.95. The van der Waals surface area contributed by atoms with Crippen molar-refractivity contribution in [3.05, 3.63) is 35.4 Å². The zero-order valence-electron chi connectivity index (χ0n) is 10.9. The maximum atomic E-state index is 13.4. The molecule has 1 N–H and O–H groups in total. The first kappa shape index (κ1) is 13.6. The van der Waals surface area contributed by atoms with Crippen LogP contribution in [-0.2, 0) is 11.3 Å². The maximum absolute atomic E-state index is 13.4. The van der Waals surface area contributed by atoms with E-state index in [9.17, 15) is 4.39 Å². The van der Waals surface area contributed by atoms with E-state index in [1.807, 2.05) is 13.0 Å². The van der Waals surface area contributed by atoms with E-state index in [4.69, 9.17) is 4.74 Å². The SMILES string of the molecule is COCCNCc1nnnn1-c1cc(C)cc(F)c1. The van der Waals surface area contributed by atoms with Crippen molar-refractivity contribution in [2.75, 3.05) is 20.3 Å². The monoisotopic (exact) mass is 265 g/mol. The summed E-state index contributed by atoms with van der Waals surface area (Å²) in [5.41, 5.74) is 1.44. The molecular formula is C12H16FN5O. The highest BCUT2D eigenvalue weighted by Gasteiger charge is 2.09. The number of hydrogen-bond donors (Lipinski definition) is 1. The highest BCUT2D eigenvalue weighted by molar-refractivity contribution is 5.35. The zero-order valence-corrected chi connectivity index (χ0v) is 10.9. The van der Waals surface area contributed by atoms with Crippen molar-refractivity contribution in [2.45, 2.75) is 13.5 Å². The van der Waals surface area contributed by atoms with Crippen LogP contribution in [0.25, 0.3) is 5.69 Å². The molecule has 2 aromatic rings. The lowest BCUT2D eigenvalue weighted by Crippen LogP contribution is -2.21. The van der Waals surface area contributed by atoms with Gasteiger partial charge in [-0.1, -0.05) is 0 Å². The lowest BCUT2D eigenvalue weighted by molar-refractivity contribution is 0.199. The number of tetrazole rings is 1. The number of nitrogens with zero attached hydrogens (tertiary/aromatic N) is 4. The van der Waals surface area contributed by atoms with Crippen LogP contribution < -0.4 is 5.32 Å². The lowest BCUT2D eigenvalue weighted by Gasteiger charge is -2.07. The number of aryl methyl sites for hydroxylation is 1. The number of halogens is 1. The van der Waals surface area contributed by atoms with Crippen molar-refractivity contribution in [3.8, 4) is 5.69 Å². The Bertz CT molecular complexity index is 522. The van der Waals surface area contributed by atoms with Crippen molar-refractivity contribution < 1.29 is 9.13 Å². The van der Waals surface area contributed by atoms with Crippen LogP contribution in [0, 0.1) is 12.7 Å². The molecule has 0 radical (unpaired) electrons. The van der Waals surface area contributed by atoms with Gasteiger partial charge in [0.25, 0.3) is 0 Å².